The van der Waals surface area contributed by atoms with Crippen molar-refractivity contribution >= 4 is 0 Å². The van der Waals surface area contributed by atoms with E-state index in [-0.39, 0.29) is 12.0 Å². The maximum absolute atomic E-state index is 13.7. The summed E-state index contributed by atoms with van der Waals surface area (Å²) in [7, 11) is 0. The van der Waals surface area contributed by atoms with E-state index in [0.717, 1.165) is 51.2 Å². The molecule has 0 unspecified atom stereocenters. The molecule has 1 aromatic carbocycles. The van der Waals surface area contributed by atoms with Gasteiger partial charge in [0.15, 0.2) is 17.5 Å². The summed E-state index contributed by atoms with van der Waals surface area (Å²) in [5.74, 6) is -3.34. The van der Waals surface area contributed by atoms with Crippen molar-refractivity contribution in [2.75, 3.05) is 39.4 Å². The van der Waals surface area contributed by atoms with Gasteiger partial charge in [-0.3, -0.25) is 4.90 Å². The molecule has 0 amide bonds. The van der Waals surface area contributed by atoms with Crippen LogP contribution >= 0.6 is 0 Å². The standard InChI is InChI=1S/C16H21F3N2O/c17-13-9-12(10-14(18)15(13)19)16(11-1-7-22-8-2-11)21-5-3-20-4-6-21/h9-11,16,20H,1-8H2/t16-/m1/s1. The topological polar surface area (TPSA) is 24.5 Å². The van der Waals surface area contributed by atoms with Crippen LogP contribution in [0.5, 0.6) is 0 Å². The third-order valence-corrected chi connectivity index (χ3v) is 4.61. The van der Waals surface area contributed by atoms with Crippen LogP contribution < -0.4 is 5.32 Å². The van der Waals surface area contributed by atoms with Crippen LogP contribution in [0.4, 0.5) is 13.2 Å². The molecule has 1 aromatic rings. The minimum absolute atomic E-state index is 0.0874. The van der Waals surface area contributed by atoms with Gasteiger partial charge >= 0.3 is 0 Å². The Balaban J connectivity index is 1.92. The Morgan fingerprint density at radius 3 is 2.23 bits per heavy atom. The Morgan fingerprint density at radius 2 is 1.64 bits per heavy atom. The van der Waals surface area contributed by atoms with E-state index in [4.69, 9.17) is 4.74 Å². The molecule has 122 valence electrons. The first kappa shape index (κ1) is 15.8. The molecular weight excluding hydrogens is 293 g/mol. The highest BCUT2D eigenvalue weighted by Gasteiger charge is 2.32. The molecule has 2 aliphatic heterocycles. The summed E-state index contributed by atoms with van der Waals surface area (Å²) in [4.78, 5) is 2.25. The monoisotopic (exact) mass is 314 g/mol. The fourth-order valence-corrected chi connectivity index (χ4v) is 3.52. The van der Waals surface area contributed by atoms with Crippen molar-refractivity contribution in [3.8, 4) is 0 Å². The minimum Gasteiger partial charge on any atom is -0.381 e. The average Bonchev–Trinajstić information content (AvgIpc) is 2.55. The van der Waals surface area contributed by atoms with Crippen LogP contribution in [0.25, 0.3) is 0 Å². The number of nitrogens with zero attached hydrogens (tertiary/aromatic N) is 1. The summed E-state index contributed by atoms with van der Waals surface area (Å²) in [6.45, 7) is 4.68. The lowest BCUT2D eigenvalue weighted by Gasteiger charge is -2.41. The van der Waals surface area contributed by atoms with Crippen molar-refractivity contribution in [2.24, 2.45) is 5.92 Å². The summed E-state index contributed by atoms with van der Waals surface area (Å²) in [5, 5.41) is 3.28. The van der Waals surface area contributed by atoms with Crippen molar-refractivity contribution in [3.63, 3.8) is 0 Å². The third kappa shape index (κ3) is 3.29. The molecule has 22 heavy (non-hydrogen) atoms. The minimum atomic E-state index is -1.39. The molecule has 2 aliphatic rings. The fourth-order valence-electron chi connectivity index (χ4n) is 3.52. The Labute approximate surface area is 128 Å². The van der Waals surface area contributed by atoms with E-state index in [9.17, 15) is 13.2 Å². The molecule has 1 atom stereocenters. The molecule has 0 saturated carbocycles. The van der Waals surface area contributed by atoms with Gasteiger partial charge in [-0.25, -0.2) is 13.2 Å². The predicted molar refractivity (Wildman–Crippen MR) is 77.0 cm³/mol. The number of nitrogens with one attached hydrogen (secondary N) is 1. The van der Waals surface area contributed by atoms with E-state index in [0.29, 0.717) is 18.8 Å². The molecule has 0 aliphatic carbocycles. The van der Waals surface area contributed by atoms with E-state index in [1.807, 2.05) is 0 Å². The highest BCUT2D eigenvalue weighted by Crippen LogP contribution is 2.36. The quantitative estimate of drug-likeness (QED) is 0.868. The summed E-state index contributed by atoms with van der Waals surface area (Å²) in [6, 6.07) is 2.22. The Morgan fingerprint density at radius 1 is 1.05 bits per heavy atom. The van der Waals surface area contributed by atoms with Crippen molar-refractivity contribution in [1.82, 2.24) is 10.2 Å². The molecule has 1 N–H and O–H groups in total. The van der Waals surface area contributed by atoms with Crippen LogP contribution in [-0.4, -0.2) is 44.3 Å². The normalized spacial score (nSPS) is 22.7. The summed E-state index contributed by atoms with van der Waals surface area (Å²) in [6.07, 6.45) is 1.71. The fraction of sp³-hybridized carbons (Fsp3) is 0.625. The average molecular weight is 314 g/mol. The van der Waals surface area contributed by atoms with Gasteiger partial charge in [-0.2, -0.15) is 0 Å². The van der Waals surface area contributed by atoms with Crippen LogP contribution in [0.15, 0.2) is 12.1 Å². The summed E-state index contributed by atoms with van der Waals surface area (Å²) >= 11 is 0. The van der Waals surface area contributed by atoms with Gasteiger partial charge < -0.3 is 10.1 Å². The van der Waals surface area contributed by atoms with E-state index in [1.165, 1.54) is 0 Å². The number of rotatable bonds is 3. The largest absolute Gasteiger partial charge is 0.381 e. The van der Waals surface area contributed by atoms with Gasteiger partial charge in [-0.05, 0) is 36.5 Å². The maximum Gasteiger partial charge on any atom is 0.194 e. The molecule has 0 radical (unpaired) electrons. The lowest BCUT2D eigenvalue weighted by molar-refractivity contribution is 0.0211. The van der Waals surface area contributed by atoms with Crippen molar-refractivity contribution in [3.05, 3.63) is 35.1 Å². The van der Waals surface area contributed by atoms with Gasteiger partial charge in [-0.1, -0.05) is 0 Å². The molecule has 2 saturated heterocycles. The van der Waals surface area contributed by atoms with Gasteiger partial charge in [-0.15, -0.1) is 0 Å². The summed E-state index contributed by atoms with van der Waals surface area (Å²) < 4.78 is 46.0. The molecule has 3 rings (SSSR count). The number of benzene rings is 1. The van der Waals surface area contributed by atoms with Crippen LogP contribution in [0, 0.1) is 23.4 Å². The Hall–Kier alpha value is -1.11. The molecule has 3 nitrogen and oxygen atoms in total. The van der Waals surface area contributed by atoms with Crippen molar-refractivity contribution < 1.29 is 17.9 Å². The van der Waals surface area contributed by atoms with Crippen LogP contribution in [0.2, 0.25) is 0 Å². The molecule has 6 heteroatoms. The first-order chi connectivity index (χ1) is 10.7. The lowest BCUT2D eigenvalue weighted by Crippen LogP contribution is -2.47. The SMILES string of the molecule is Fc1cc([C@@H](C2CCOCC2)N2CCNCC2)cc(F)c1F. The number of hydrogen-bond acceptors (Lipinski definition) is 3. The molecule has 0 bridgehead atoms. The molecule has 2 fully saturated rings. The molecule has 0 aromatic heterocycles. The Bertz CT molecular complexity index is 473. The third-order valence-electron chi connectivity index (χ3n) is 4.61. The number of piperazine rings is 1. The first-order valence-electron chi connectivity index (χ1n) is 7.84. The highest BCUT2D eigenvalue weighted by atomic mass is 19.2. The molecule has 2 heterocycles. The van der Waals surface area contributed by atoms with Crippen molar-refractivity contribution in [1.29, 1.82) is 0 Å². The van der Waals surface area contributed by atoms with Gasteiger partial charge in [0.05, 0.1) is 0 Å². The van der Waals surface area contributed by atoms with Gasteiger partial charge in [0.1, 0.15) is 0 Å². The highest BCUT2D eigenvalue weighted by molar-refractivity contribution is 5.24. The Kier molecular flexibility index (Phi) is 5.00. The van der Waals surface area contributed by atoms with Crippen LogP contribution in [-0.2, 0) is 4.74 Å². The van der Waals surface area contributed by atoms with E-state index in [2.05, 4.69) is 10.2 Å². The van der Waals surface area contributed by atoms with Crippen LogP contribution in [0.1, 0.15) is 24.4 Å². The zero-order valence-corrected chi connectivity index (χ0v) is 12.5. The van der Waals surface area contributed by atoms with Gasteiger partial charge in [0.2, 0.25) is 0 Å². The molecular formula is C16H21F3N2O. The zero-order chi connectivity index (χ0) is 15.5. The van der Waals surface area contributed by atoms with Crippen molar-refractivity contribution in [2.45, 2.75) is 18.9 Å². The smallest absolute Gasteiger partial charge is 0.194 e. The second-order valence-corrected chi connectivity index (χ2v) is 5.98. The second-order valence-electron chi connectivity index (χ2n) is 5.98. The second kappa shape index (κ2) is 6.98. The number of hydrogen-bond donors (Lipinski definition) is 1. The van der Waals surface area contributed by atoms with E-state index >= 15 is 0 Å². The maximum atomic E-state index is 13.7. The number of halogens is 3. The molecule has 0 spiro atoms. The zero-order valence-electron chi connectivity index (χ0n) is 12.5. The summed E-state index contributed by atoms with van der Waals surface area (Å²) in [5.41, 5.74) is 0.533. The van der Waals surface area contributed by atoms with Gasteiger partial charge in [0, 0.05) is 45.4 Å². The number of ether oxygens (including phenoxy) is 1. The van der Waals surface area contributed by atoms with Gasteiger partial charge in [0.25, 0.3) is 0 Å². The van der Waals surface area contributed by atoms with Crippen LogP contribution in [0.3, 0.4) is 0 Å². The first-order valence-corrected chi connectivity index (χ1v) is 7.84. The van der Waals surface area contributed by atoms with E-state index < -0.39 is 17.5 Å². The lowest BCUT2D eigenvalue weighted by atomic mass is 9.85. The van der Waals surface area contributed by atoms with E-state index in [1.54, 1.807) is 0 Å². The predicted octanol–water partition coefficient (Wildman–Crippen LogP) is 2.48.